The summed E-state index contributed by atoms with van der Waals surface area (Å²) in [5.74, 6) is 0. The first kappa shape index (κ1) is 10.4. The first-order valence-corrected chi connectivity index (χ1v) is 5.21. The molecule has 3 heteroatoms. The summed E-state index contributed by atoms with van der Waals surface area (Å²) < 4.78 is 1.68. The van der Waals surface area contributed by atoms with Crippen molar-refractivity contribution in [3.05, 3.63) is 45.7 Å². The molecule has 80 valence electrons. The van der Waals surface area contributed by atoms with Crippen LogP contribution < -0.4 is 5.56 Å². The second-order valence-corrected chi connectivity index (χ2v) is 3.75. The lowest BCUT2D eigenvalue weighted by Gasteiger charge is -2.09. The van der Waals surface area contributed by atoms with Gasteiger partial charge in [-0.15, -0.1) is 0 Å². The van der Waals surface area contributed by atoms with Crippen LogP contribution in [0, 0.1) is 18.3 Å². The molecular formula is C13H12N2O. The molecule has 0 atom stereocenters. The molecule has 0 saturated heterocycles. The molecular weight excluding hydrogens is 200 g/mol. The molecule has 0 saturated carbocycles. The fourth-order valence-electron chi connectivity index (χ4n) is 1.94. The summed E-state index contributed by atoms with van der Waals surface area (Å²) >= 11 is 0. The van der Waals surface area contributed by atoms with Crippen LogP contribution in [0.25, 0.3) is 10.9 Å². The fourth-order valence-corrected chi connectivity index (χ4v) is 1.94. The number of rotatable bonds is 1. The lowest BCUT2D eigenvalue weighted by Crippen LogP contribution is -2.19. The average molecular weight is 212 g/mol. The average Bonchev–Trinajstić information content (AvgIpc) is 2.28. The molecule has 3 nitrogen and oxygen atoms in total. The minimum atomic E-state index is -0.0115. The van der Waals surface area contributed by atoms with Crippen LogP contribution in [0.15, 0.2) is 29.1 Å². The quantitative estimate of drug-likeness (QED) is 0.727. The third-order valence-corrected chi connectivity index (χ3v) is 2.76. The van der Waals surface area contributed by atoms with E-state index in [2.05, 4.69) is 6.07 Å². The Morgan fingerprint density at radius 1 is 1.38 bits per heavy atom. The van der Waals surface area contributed by atoms with Crippen molar-refractivity contribution < 1.29 is 0 Å². The van der Waals surface area contributed by atoms with Crippen LogP contribution in [-0.4, -0.2) is 4.57 Å². The van der Waals surface area contributed by atoms with Gasteiger partial charge in [-0.2, -0.15) is 5.26 Å². The van der Waals surface area contributed by atoms with Gasteiger partial charge < -0.3 is 4.57 Å². The van der Waals surface area contributed by atoms with E-state index in [-0.39, 0.29) is 5.56 Å². The SMILES string of the molecule is CCn1c(=O)cc(C)c2ccc(C#N)cc21. The van der Waals surface area contributed by atoms with Crippen molar-refractivity contribution in [3.8, 4) is 6.07 Å². The van der Waals surface area contributed by atoms with Crippen molar-refractivity contribution in [1.29, 1.82) is 5.26 Å². The molecule has 16 heavy (non-hydrogen) atoms. The number of hydrogen-bond donors (Lipinski definition) is 0. The number of nitriles is 1. The fraction of sp³-hybridized carbons (Fsp3) is 0.231. The smallest absolute Gasteiger partial charge is 0.251 e. The third-order valence-electron chi connectivity index (χ3n) is 2.76. The van der Waals surface area contributed by atoms with Gasteiger partial charge in [0.25, 0.3) is 5.56 Å². The van der Waals surface area contributed by atoms with E-state index >= 15 is 0 Å². The van der Waals surface area contributed by atoms with Gasteiger partial charge in [-0.1, -0.05) is 6.07 Å². The largest absolute Gasteiger partial charge is 0.308 e. The van der Waals surface area contributed by atoms with Crippen molar-refractivity contribution in [1.82, 2.24) is 4.57 Å². The monoisotopic (exact) mass is 212 g/mol. The van der Waals surface area contributed by atoms with Crippen LogP contribution in [0.5, 0.6) is 0 Å². The summed E-state index contributed by atoms with van der Waals surface area (Å²) in [5.41, 5.74) is 2.36. The molecule has 0 N–H and O–H groups in total. The Hall–Kier alpha value is -2.08. The molecule has 0 spiro atoms. The third kappa shape index (κ3) is 1.49. The molecule has 2 rings (SSSR count). The maximum absolute atomic E-state index is 11.8. The molecule has 1 aromatic heterocycles. The van der Waals surface area contributed by atoms with Crippen LogP contribution in [0.2, 0.25) is 0 Å². The van der Waals surface area contributed by atoms with Gasteiger partial charge in [0, 0.05) is 18.0 Å². The summed E-state index contributed by atoms with van der Waals surface area (Å²) in [5, 5.41) is 9.89. The molecule has 0 radical (unpaired) electrons. The van der Waals surface area contributed by atoms with Crippen LogP contribution in [0.1, 0.15) is 18.1 Å². The van der Waals surface area contributed by atoms with E-state index in [0.29, 0.717) is 12.1 Å². The van der Waals surface area contributed by atoms with Gasteiger partial charge in [0.1, 0.15) is 0 Å². The second-order valence-electron chi connectivity index (χ2n) is 3.75. The number of pyridine rings is 1. The lowest BCUT2D eigenvalue weighted by atomic mass is 10.1. The molecule has 0 unspecified atom stereocenters. The number of aryl methyl sites for hydroxylation is 2. The van der Waals surface area contributed by atoms with E-state index in [1.54, 1.807) is 22.8 Å². The summed E-state index contributed by atoms with van der Waals surface area (Å²) in [4.78, 5) is 11.8. The Kier molecular flexibility index (Phi) is 2.49. The van der Waals surface area contributed by atoms with Crippen LogP contribution in [0.4, 0.5) is 0 Å². The molecule has 1 aromatic carbocycles. The maximum atomic E-state index is 11.8. The highest BCUT2D eigenvalue weighted by Crippen LogP contribution is 2.17. The summed E-state index contributed by atoms with van der Waals surface area (Å²) in [6, 6.07) is 9.18. The topological polar surface area (TPSA) is 45.8 Å². The highest BCUT2D eigenvalue weighted by Gasteiger charge is 2.05. The van der Waals surface area contributed by atoms with Gasteiger partial charge >= 0.3 is 0 Å². The van der Waals surface area contributed by atoms with E-state index in [4.69, 9.17) is 5.26 Å². The normalized spacial score (nSPS) is 10.3. The second kappa shape index (κ2) is 3.82. The van der Waals surface area contributed by atoms with Crippen LogP contribution in [-0.2, 0) is 6.54 Å². The predicted octanol–water partition coefficient (Wildman–Crippen LogP) is 2.20. The zero-order chi connectivity index (χ0) is 11.7. The van der Waals surface area contributed by atoms with Crippen molar-refractivity contribution in [2.75, 3.05) is 0 Å². The van der Waals surface area contributed by atoms with E-state index in [1.165, 1.54) is 0 Å². The Labute approximate surface area is 93.6 Å². The van der Waals surface area contributed by atoms with Gasteiger partial charge in [-0.05, 0) is 31.5 Å². The van der Waals surface area contributed by atoms with E-state index in [0.717, 1.165) is 16.5 Å². The minimum Gasteiger partial charge on any atom is -0.308 e. The molecule has 0 aliphatic heterocycles. The molecule has 0 fully saturated rings. The maximum Gasteiger partial charge on any atom is 0.251 e. The molecule has 0 aliphatic rings. The molecule has 1 heterocycles. The highest BCUT2D eigenvalue weighted by atomic mass is 16.1. The van der Waals surface area contributed by atoms with E-state index in [9.17, 15) is 4.79 Å². The predicted molar refractivity (Wildman–Crippen MR) is 63.3 cm³/mol. The molecule has 0 aliphatic carbocycles. The number of hydrogen-bond acceptors (Lipinski definition) is 2. The summed E-state index contributed by atoms with van der Waals surface area (Å²) in [7, 11) is 0. The Morgan fingerprint density at radius 2 is 2.12 bits per heavy atom. The van der Waals surface area contributed by atoms with Crippen LogP contribution >= 0.6 is 0 Å². The molecule has 0 bridgehead atoms. The number of benzene rings is 1. The zero-order valence-corrected chi connectivity index (χ0v) is 9.32. The van der Waals surface area contributed by atoms with E-state index in [1.807, 2.05) is 19.9 Å². The number of aromatic nitrogens is 1. The van der Waals surface area contributed by atoms with Gasteiger partial charge in [-0.3, -0.25) is 4.79 Å². The standard InChI is InChI=1S/C13H12N2O/c1-3-15-12-7-10(8-14)4-5-11(12)9(2)6-13(15)16/h4-7H,3H2,1-2H3. The lowest BCUT2D eigenvalue weighted by molar-refractivity contribution is 0.758. The first-order chi connectivity index (χ1) is 7.67. The Morgan fingerprint density at radius 3 is 2.75 bits per heavy atom. The van der Waals surface area contributed by atoms with Gasteiger partial charge in [-0.25, -0.2) is 0 Å². The van der Waals surface area contributed by atoms with Crippen molar-refractivity contribution in [3.63, 3.8) is 0 Å². The van der Waals surface area contributed by atoms with Gasteiger partial charge in [0.2, 0.25) is 0 Å². The summed E-state index contributed by atoms with van der Waals surface area (Å²) in [6.07, 6.45) is 0. The van der Waals surface area contributed by atoms with Crippen molar-refractivity contribution >= 4 is 10.9 Å². The van der Waals surface area contributed by atoms with Crippen molar-refractivity contribution in [2.45, 2.75) is 20.4 Å². The Bertz CT molecular complexity index is 647. The van der Waals surface area contributed by atoms with Crippen LogP contribution in [0.3, 0.4) is 0 Å². The van der Waals surface area contributed by atoms with Gasteiger partial charge in [0.15, 0.2) is 0 Å². The van der Waals surface area contributed by atoms with E-state index < -0.39 is 0 Å². The first-order valence-electron chi connectivity index (χ1n) is 5.21. The Balaban J connectivity index is 2.96. The van der Waals surface area contributed by atoms with Crippen molar-refractivity contribution in [2.24, 2.45) is 0 Å². The highest BCUT2D eigenvalue weighted by molar-refractivity contribution is 5.83. The number of fused-ring (bicyclic) bond motifs is 1. The minimum absolute atomic E-state index is 0.0115. The summed E-state index contributed by atoms with van der Waals surface area (Å²) in [6.45, 7) is 4.45. The molecule has 0 amide bonds. The zero-order valence-electron chi connectivity index (χ0n) is 9.32. The number of nitrogens with zero attached hydrogens (tertiary/aromatic N) is 2. The van der Waals surface area contributed by atoms with Gasteiger partial charge in [0.05, 0.1) is 17.1 Å². The molecule has 2 aromatic rings.